The molecule has 4 N–H and O–H groups in total. The number of rotatable bonds is 4. The first-order chi connectivity index (χ1) is 7.60. The summed E-state index contributed by atoms with van der Waals surface area (Å²) in [6, 6.07) is 7.04. The number of hydrogen-bond donors (Lipinski definition) is 3. The maximum absolute atomic E-state index is 9.91. The quantitative estimate of drug-likeness (QED) is 0.693. The summed E-state index contributed by atoms with van der Waals surface area (Å²) in [5.74, 6) is 0. The van der Waals surface area contributed by atoms with E-state index in [1.165, 1.54) is 0 Å². The first-order valence-corrected chi connectivity index (χ1v) is 5.17. The highest BCUT2D eigenvalue weighted by Crippen LogP contribution is 2.23. The second kappa shape index (κ2) is 5.61. The lowest BCUT2D eigenvalue weighted by molar-refractivity contribution is 0.0146. The van der Waals surface area contributed by atoms with E-state index in [1.807, 2.05) is 13.0 Å². The summed E-state index contributed by atoms with van der Waals surface area (Å²) in [4.78, 5) is 0. The van der Waals surface area contributed by atoms with Crippen molar-refractivity contribution < 1.29 is 10.2 Å². The SMILES string of the molecule is Cc1ccc(C#N)cc1C(O)C(O)CCN. The molecule has 1 aromatic carbocycles. The van der Waals surface area contributed by atoms with Crippen molar-refractivity contribution in [1.82, 2.24) is 0 Å². The highest BCUT2D eigenvalue weighted by Gasteiger charge is 2.19. The molecule has 0 aliphatic heterocycles. The van der Waals surface area contributed by atoms with Crippen LogP contribution in [-0.4, -0.2) is 22.9 Å². The minimum atomic E-state index is -0.989. The standard InChI is InChI=1S/C12H16N2O2/c1-8-2-3-9(7-14)6-10(8)12(16)11(15)4-5-13/h2-3,6,11-12,15-16H,4-5,13H2,1H3. The van der Waals surface area contributed by atoms with Gasteiger partial charge in [-0.05, 0) is 43.1 Å². The Bertz CT molecular complexity index is 398. The molecule has 0 aliphatic rings. The van der Waals surface area contributed by atoms with Gasteiger partial charge in [-0.25, -0.2) is 0 Å². The number of aliphatic hydroxyl groups is 2. The lowest BCUT2D eigenvalue weighted by atomic mass is 9.96. The Labute approximate surface area is 94.9 Å². The summed E-state index contributed by atoms with van der Waals surface area (Å²) in [5, 5.41) is 28.3. The lowest BCUT2D eigenvalue weighted by Gasteiger charge is -2.19. The van der Waals surface area contributed by atoms with Gasteiger partial charge in [0.05, 0.1) is 17.7 Å². The van der Waals surface area contributed by atoms with Crippen molar-refractivity contribution in [1.29, 1.82) is 5.26 Å². The van der Waals surface area contributed by atoms with Crippen LogP contribution in [0.25, 0.3) is 0 Å². The molecule has 2 atom stereocenters. The van der Waals surface area contributed by atoms with E-state index >= 15 is 0 Å². The largest absolute Gasteiger partial charge is 0.390 e. The van der Waals surface area contributed by atoms with E-state index in [1.54, 1.807) is 18.2 Å². The fourth-order valence-electron chi connectivity index (χ4n) is 1.56. The number of aryl methyl sites for hydroxylation is 1. The predicted molar refractivity (Wildman–Crippen MR) is 60.5 cm³/mol. The molecule has 0 amide bonds. The molecule has 86 valence electrons. The first-order valence-electron chi connectivity index (χ1n) is 5.17. The van der Waals surface area contributed by atoms with Gasteiger partial charge >= 0.3 is 0 Å². The fourth-order valence-corrected chi connectivity index (χ4v) is 1.56. The molecule has 2 unspecified atom stereocenters. The number of nitrogens with two attached hydrogens (primary N) is 1. The van der Waals surface area contributed by atoms with Crippen molar-refractivity contribution in [2.24, 2.45) is 5.73 Å². The van der Waals surface area contributed by atoms with Crippen molar-refractivity contribution in [3.05, 3.63) is 34.9 Å². The second-order valence-electron chi connectivity index (χ2n) is 3.77. The lowest BCUT2D eigenvalue weighted by Crippen LogP contribution is -2.22. The Kier molecular flexibility index (Phi) is 4.44. The van der Waals surface area contributed by atoms with E-state index < -0.39 is 12.2 Å². The van der Waals surface area contributed by atoms with Gasteiger partial charge in [0.1, 0.15) is 6.10 Å². The zero-order chi connectivity index (χ0) is 12.1. The molecule has 16 heavy (non-hydrogen) atoms. The van der Waals surface area contributed by atoms with Crippen molar-refractivity contribution in [3.8, 4) is 6.07 Å². The van der Waals surface area contributed by atoms with Crippen LogP contribution in [-0.2, 0) is 0 Å². The molecule has 0 radical (unpaired) electrons. The van der Waals surface area contributed by atoms with Crippen molar-refractivity contribution in [2.75, 3.05) is 6.54 Å². The van der Waals surface area contributed by atoms with Crippen molar-refractivity contribution in [2.45, 2.75) is 25.6 Å². The van der Waals surface area contributed by atoms with E-state index in [-0.39, 0.29) is 0 Å². The minimum Gasteiger partial charge on any atom is -0.390 e. The van der Waals surface area contributed by atoms with Crippen LogP contribution in [0.4, 0.5) is 0 Å². The van der Waals surface area contributed by atoms with Gasteiger partial charge in [0.2, 0.25) is 0 Å². The number of aliphatic hydroxyl groups excluding tert-OH is 2. The topological polar surface area (TPSA) is 90.3 Å². The van der Waals surface area contributed by atoms with Gasteiger partial charge in [-0.2, -0.15) is 5.26 Å². The van der Waals surface area contributed by atoms with Gasteiger partial charge in [0, 0.05) is 0 Å². The van der Waals surface area contributed by atoms with Gasteiger partial charge in [0.15, 0.2) is 0 Å². The number of nitrogens with zero attached hydrogens (tertiary/aromatic N) is 1. The van der Waals surface area contributed by atoms with Gasteiger partial charge in [-0.15, -0.1) is 0 Å². The Morgan fingerprint density at radius 2 is 2.12 bits per heavy atom. The zero-order valence-corrected chi connectivity index (χ0v) is 9.22. The van der Waals surface area contributed by atoms with Crippen molar-refractivity contribution in [3.63, 3.8) is 0 Å². The number of benzene rings is 1. The van der Waals surface area contributed by atoms with Crippen LogP contribution in [0.1, 0.15) is 29.2 Å². The van der Waals surface area contributed by atoms with Crippen LogP contribution in [0.5, 0.6) is 0 Å². The molecule has 0 saturated carbocycles. The minimum absolute atomic E-state index is 0.315. The highest BCUT2D eigenvalue weighted by atomic mass is 16.3. The van der Waals surface area contributed by atoms with E-state index in [9.17, 15) is 10.2 Å². The molecule has 0 fully saturated rings. The number of hydrogen-bond acceptors (Lipinski definition) is 4. The fraction of sp³-hybridized carbons (Fsp3) is 0.417. The van der Waals surface area contributed by atoms with Gasteiger partial charge in [-0.3, -0.25) is 0 Å². The van der Waals surface area contributed by atoms with E-state index in [4.69, 9.17) is 11.0 Å². The van der Waals surface area contributed by atoms with E-state index in [2.05, 4.69) is 0 Å². The molecule has 0 aliphatic carbocycles. The normalized spacial score (nSPS) is 14.2. The smallest absolute Gasteiger partial charge is 0.105 e. The third kappa shape index (κ3) is 2.80. The Hall–Kier alpha value is -1.41. The summed E-state index contributed by atoms with van der Waals surface area (Å²) in [6.45, 7) is 2.14. The summed E-state index contributed by atoms with van der Waals surface area (Å²) in [5.41, 5.74) is 7.22. The van der Waals surface area contributed by atoms with Crippen LogP contribution in [0.3, 0.4) is 0 Å². The molecule has 0 saturated heterocycles. The Morgan fingerprint density at radius 1 is 1.44 bits per heavy atom. The summed E-state index contributed by atoms with van der Waals surface area (Å²) >= 11 is 0. The van der Waals surface area contributed by atoms with Crippen LogP contribution in [0.15, 0.2) is 18.2 Å². The third-order valence-electron chi connectivity index (χ3n) is 2.55. The average Bonchev–Trinajstić information content (AvgIpc) is 2.29. The summed E-state index contributed by atoms with van der Waals surface area (Å²) < 4.78 is 0. The monoisotopic (exact) mass is 220 g/mol. The van der Waals surface area contributed by atoms with Crippen LogP contribution in [0.2, 0.25) is 0 Å². The Balaban J connectivity index is 2.98. The molecule has 0 heterocycles. The maximum Gasteiger partial charge on any atom is 0.105 e. The summed E-state index contributed by atoms with van der Waals surface area (Å²) in [7, 11) is 0. The van der Waals surface area contributed by atoms with Gasteiger partial charge < -0.3 is 15.9 Å². The van der Waals surface area contributed by atoms with Crippen LogP contribution < -0.4 is 5.73 Å². The van der Waals surface area contributed by atoms with E-state index in [0.29, 0.717) is 24.1 Å². The molecule has 1 aromatic rings. The summed E-state index contributed by atoms with van der Waals surface area (Å²) in [6.07, 6.45) is -1.55. The second-order valence-corrected chi connectivity index (χ2v) is 3.77. The first kappa shape index (κ1) is 12.7. The van der Waals surface area contributed by atoms with Gasteiger partial charge in [-0.1, -0.05) is 6.07 Å². The third-order valence-corrected chi connectivity index (χ3v) is 2.55. The molecule has 0 aromatic heterocycles. The van der Waals surface area contributed by atoms with Crippen molar-refractivity contribution >= 4 is 0 Å². The number of nitriles is 1. The van der Waals surface area contributed by atoms with Crippen LogP contribution >= 0.6 is 0 Å². The molecular weight excluding hydrogens is 204 g/mol. The van der Waals surface area contributed by atoms with E-state index in [0.717, 1.165) is 5.56 Å². The predicted octanol–water partition coefficient (Wildman–Crippen LogP) is 0.610. The van der Waals surface area contributed by atoms with Crippen LogP contribution in [0, 0.1) is 18.3 Å². The molecule has 4 heteroatoms. The molecule has 0 spiro atoms. The molecule has 0 bridgehead atoms. The van der Waals surface area contributed by atoms with Gasteiger partial charge in [0.25, 0.3) is 0 Å². The highest BCUT2D eigenvalue weighted by molar-refractivity contribution is 5.39. The molecule has 1 rings (SSSR count). The molecule has 4 nitrogen and oxygen atoms in total. The average molecular weight is 220 g/mol. The zero-order valence-electron chi connectivity index (χ0n) is 9.22. The molecular formula is C12H16N2O2. The Morgan fingerprint density at radius 3 is 2.69 bits per heavy atom. The maximum atomic E-state index is 9.91.